The van der Waals surface area contributed by atoms with Gasteiger partial charge in [-0.15, -0.1) is 0 Å². The highest BCUT2D eigenvalue weighted by Crippen LogP contribution is 2.44. The summed E-state index contributed by atoms with van der Waals surface area (Å²) in [4.78, 5) is 4.15. The number of pyridine rings is 1. The lowest BCUT2D eigenvalue weighted by molar-refractivity contribution is 0.391. The van der Waals surface area contributed by atoms with Gasteiger partial charge in [0.05, 0.1) is 19.0 Å². The fraction of sp³-hybridized carbons (Fsp3) is 0.571. The molecular weight excluding hydrogens is 258 g/mol. The molecule has 0 amide bonds. The minimum Gasteiger partial charge on any atom is -0.481 e. The smallest absolute Gasteiger partial charge is 0.213 e. The highest BCUT2D eigenvalue weighted by atomic mass is 32.1. The molecule has 0 aromatic carbocycles. The van der Waals surface area contributed by atoms with Crippen molar-refractivity contribution in [1.29, 1.82) is 0 Å². The van der Waals surface area contributed by atoms with Crippen molar-refractivity contribution in [2.75, 3.05) is 12.4 Å². The first kappa shape index (κ1) is 12.7. The summed E-state index contributed by atoms with van der Waals surface area (Å²) in [5.41, 5.74) is 0.890. The number of hydrogen-bond acceptors (Lipinski definition) is 3. The molecule has 1 aromatic heterocycles. The zero-order valence-electron chi connectivity index (χ0n) is 11.1. The van der Waals surface area contributed by atoms with Crippen LogP contribution in [0.3, 0.4) is 0 Å². The molecule has 4 nitrogen and oxygen atoms in total. The van der Waals surface area contributed by atoms with Gasteiger partial charge >= 0.3 is 0 Å². The Labute approximate surface area is 118 Å². The Bertz CT molecular complexity index is 462. The van der Waals surface area contributed by atoms with Crippen LogP contribution in [0.2, 0.25) is 0 Å². The summed E-state index contributed by atoms with van der Waals surface area (Å²) in [5, 5.41) is 7.33. The second kappa shape index (κ2) is 5.33. The van der Waals surface area contributed by atoms with Crippen molar-refractivity contribution in [2.45, 2.75) is 31.7 Å². The van der Waals surface area contributed by atoms with Crippen LogP contribution in [-0.2, 0) is 0 Å². The van der Waals surface area contributed by atoms with Crippen molar-refractivity contribution in [3.05, 3.63) is 18.3 Å². The van der Waals surface area contributed by atoms with E-state index in [0.717, 1.165) is 17.5 Å². The van der Waals surface area contributed by atoms with Crippen LogP contribution in [0.4, 0.5) is 5.69 Å². The fourth-order valence-electron chi connectivity index (χ4n) is 3.33. The number of anilines is 1. The van der Waals surface area contributed by atoms with E-state index in [4.69, 9.17) is 17.0 Å². The quantitative estimate of drug-likeness (QED) is 0.832. The van der Waals surface area contributed by atoms with E-state index in [1.807, 2.05) is 12.1 Å². The first-order valence-electron chi connectivity index (χ1n) is 6.82. The van der Waals surface area contributed by atoms with Gasteiger partial charge in [-0.25, -0.2) is 4.98 Å². The number of rotatable bonds is 3. The summed E-state index contributed by atoms with van der Waals surface area (Å²) >= 11 is 5.37. The van der Waals surface area contributed by atoms with Crippen LogP contribution in [0.5, 0.6) is 5.88 Å². The molecule has 2 N–H and O–H groups in total. The minimum atomic E-state index is 0.560. The maximum atomic E-state index is 5.37. The van der Waals surface area contributed by atoms with Crippen LogP contribution in [0, 0.1) is 11.8 Å². The molecule has 102 valence electrons. The molecule has 0 unspecified atom stereocenters. The second-order valence-electron chi connectivity index (χ2n) is 5.47. The summed E-state index contributed by atoms with van der Waals surface area (Å²) in [6.45, 7) is 0. The SMILES string of the molecule is COc1ccc(NC(=S)N[C@H]2C[C@H]3CC[C@H]2C3)cn1. The molecule has 2 saturated carbocycles. The van der Waals surface area contributed by atoms with Crippen LogP contribution < -0.4 is 15.4 Å². The van der Waals surface area contributed by atoms with Crippen molar-refractivity contribution in [1.82, 2.24) is 10.3 Å². The van der Waals surface area contributed by atoms with E-state index in [1.165, 1.54) is 25.7 Å². The number of aromatic nitrogens is 1. The van der Waals surface area contributed by atoms with Gasteiger partial charge in [0.15, 0.2) is 5.11 Å². The number of fused-ring (bicyclic) bond motifs is 2. The highest BCUT2D eigenvalue weighted by molar-refractivity contribution is 7.80. The fourth-order valence-corrected chi connectivity index (χ4v) is 3.60. The standard InChI is InChI=1S/C14H19N3OS/c1-18-13-5-4-11(8-15-13)16-14(19)17-12-7-9-2-3-10(12)6-9/h4-5,8-10,12H,2-3,6-7H2,1H3,(H2,16,17,19)/t9-,10-,12-/m0/s1. The Morgan fingerprint density at radius 1 is 1.37 bits per heavy atom. The van der Waals surface area contributed by atoms with Gasteiger partial charge < -0.3 is 15.4 Å². The molecule has 3 atom stereocenters. The Balaban J connectivity index is 1.53. The Hall–Kier alpha value is -1.36. The molecule has 19 heavy (non-hydrogen) atoms. The zero-order valence-corrected chi connectivity index (χ0v) is 11.9. The van der Waals surface area contributed by atoms with Gasteiger partial charge in [0.1, 0.15) is 0 Å². The van der Waals surface area contributed by atoms with Gasteiger partial charge in [0.2, 0.25) is 5.88 Å². The molecule has 0 spiro atoms. The molecular formula is C14H19N3OS. The normalized spacial score (nSPS) is 28.2. The van der Waals surface area contributed by atoms with Crippen molar-refractivity contribution >= 4 is 23.0 Å². The number of methoxy groups -OCH3 is 1. The summed E-state index contributed by atoms with van der Waals surface area (Å²) in [5.74, 6) is 2.35. The first-order valence-corrected chi connectivity index (χ1v) is 7.23. The molecule has 0 radical (unpaired) electrons. The maximum Gasteiger partial charge on any atom is 0.213 e. The molecule has 2 aliphatic carbocycles. The van der Waals surface area contributed by atoms with Gasteiger partial charge in [-0.1, -0.05) is 6.42 Å². The monoisotopic (exact) mass is 277 g/mol. The van der Waals surface area contributed by atoms with Gasteiger partial charge in [-0.3, -0.25) is 0 Å². The van der Waals surface area contributed by atoms with Crippen LogP contribution in [0.1, 0.15) is 25.7 Å². The number of hydrogen-bond donors (Lipinski definition) is 2. The summed E-state index contributed by atoms with van der Waals surface area (Å²) in [6.07, 6.45) is 7.14. The molecule has 2 bridgehead atoms. The van der Waals surface area contributed by atoms with E-state index in [-0.39, 0.29) is 0 Å². The lowest BCUT2D eigenvalue weighted by atomic mass is 9.96. The van der Waals surface area contributed by atoms with Gasteiger partial charge in [-0.2, -0.15) is 0 Å². The molecule has 2 fully saturated rings. The van der Waals surface area contributed by atoms with E-state index >= 15 is 0 Å². The first-order chi connectivity index (χ1) is 9.24. The Kier molecular flexibility index (Phi) is 3.55. The number of nitrogens with zero attached hydrogens (tertiary/aromatic N) is 1. The van der Waals surface area contributed by atoms with Crippen molar-refractivity contribution < 1.29 is 4.74 Å². The van der Waals surface area contributed by atoms with E-state index in [9.17, 15) is 0 Å². The van der Waals surface area contributed by atoms with E-state index < -0.39 is 0 Å². The van der Waals surface area contributed by atoms with Crippen LogP contribution in [0.25, 0.3) is 0 Å². The molecule has 5 heteroatoms. The van der Waals surface area contributed by atoms with Crippen molar-refractivity contribution in [3.63, 3.8) is 0 Å². The summed E-state index contributed by atoms with van der Waals surface area (Å²) < 4.78 is 5.03. The lowest BCUT2D eigenvalue weighted by Gasteiger charge is -2.24. The molecule has 1 aromatic rings. The van der Waals surface area contributed by atoms with E-state index in [0.29, 0.717) is 17.0 Å². The number of thiocarbonyl (C=S) groups is 1. The third-order valence-electron chi connectivity index (χ3n) is 4.26. The average molecular weight is 277 g/mol. The molecule has 0 saturated heterocycles. The van der Waals surface area contributed by atoms with Crippen LogP contribution in [-0.4, -0.2) is 23.2 Å². The summed E-state index contributed by atoms with van der Waals surface area (Å²) in [6, 6.07) is 4.30. The van der Waals surface area contributed by atoms with Gasteiger partial charge in [0.25, 0.3) is 0 Å². The summed E-state index contributed by atoms with van der Waals surface area (Å²) in [7, 11) is 1.61. The maximum absolute atomic E-state index is 5.37. The third kappa shape index (κ3) is 2.81. The topological polar surface area (TPSA) is 46.2 Å². The molecule has 0 aliphatic heterocycles. The number of ether oxygens (including phenoxy) is 1. The minimum absolute atomic E-state index is 0.560. The van der Waals surface area contributed by atoms with Crippen LogP contribution in [0.15, 0.2) is 18.3 Å². The predicted octanol–water partition coefficient (Wildman–Crippen LogP) is 2.57. The van der Waals surface area contributed by atoms with Gasteiger partial charge in [0, 0.05) is 12.1 Å². The Morgan fingerprint density at radius 2 is 2.26 bits per heavy atom. The second-order valence-corrected chi connectivity index (χ2v) is 5.88. The Morgan fingerprint density at radius 3 is 2.84 bits per heavy atom. The average Bonchev–Trinajstić information content (AvgIpc) is 3.02. The third-order valence-corrected chi connectivity index (χ3v) is 4.48. The molecule has 2 aliphatic rings. The predicted molar refractivity (Wildman–Crippen MR) is 79.4 cm³/mol. The number of nitrogens with one attached hydrogen (secondary N) is 2. The lowest BCUT2D eigenvalue weighted by Crippen LogP contribution is -2.40. The largest absolute Gasteiger partial charge is 0.481 e. The van der Waals surface area contributed by atoms with Crippen LogP contribution >= 0.6 is 12.2 Å². The van der Waals surface area contributed by atoms with Crippen molar-refractivity contribution in [2.24, 2.45) is 11.8 Å². The van der Waals surface area contributed by atoms with E-state index in [2.05, 4.69) is 15.6 Å². The van der Waals surface area contributed by atoms with Crippen molar-refractivity contribution in [3.8, 4) is 5.88 Å². The van der Waals surface area contributed by atoms with E-state index in [1.54, 1.807) is 13.3 Å². The molecule has 1 heterocycles. The highest BCUT2D eigenvalue weighted by Gasteiger charge is 2.39. The zero-order chi connectivity index (χ0) is 13.2. The van der Waals surface area contributed by atoms with Gasteiger partial charge in [-0.05, 0) is 49.4 Å². The molecule has 3 rings (SSSR count).